The molecular formula is C16H19NO2. The van der Waals surface area contributed by atoms with E-state index in [-0.39, 0.29) is 0 Å². The number of hydrogen-bond acceptors (Lipinski definition) is 1. The van der Waals surface area contributed by atoms with E-state index in [0.717, 1.165) is 23.4 Å². The molecule has 1 aliphatic carbocycles. The van der Waals surface area contributed by atoms with Gasteiger partial charge in [0.05, 0.1) is 5.56 Å². The van der Waals surface area contributed by atoms with Crippen molar-refractivity contribution in [3.8, 4) is 0 Å². The van der Waals surface area contributed by atoms with Crippen molar-refractivity contribution >= 4 is 16.9 Å². The minimum Gasteiger partial charge on any atom is -0.478 e. The molecule has 3 heteroatoms. The van der Waals surface area contributed by atoms with Gasteiger partial charge in [0, 0.05) is 23.6 Å². The Labute approximate surface area is 112 Å². The second-order valence-corrected chi connectivity index (χ2v) is 5.55. The molecule has 1 aliphatic rings. The highest BCUT2D eigenvalue weighted by atomic mass is 16.4. The third kappa shape index (κ3) is 2.50. The standard InChI is InChI=1S/C16H19NO2/c18-16(19)14-6-7-15-13(10-14)8-9-17(15)11-12-4-2-1-3-5-12/h6-10,12H,1-5,11H2,(H,18,19). The van der Waals surface area contributed by atoms with E-state index in [0.29, 0.717) is 5.56 Å². The van der Waals surface area contributed by atoms with Crippen LogP contribution in [0, 0.1) is 5.92 Å². The number of carboxylic acids is 1. The molecule has 0 atom stereocenters. The van der Waals surface area contributed by atoms with E-state index in [1.165, 1.54) is 32.1 Å². The molecule has 0 saturated heterocycles. The Balaban J connectivity index is 1.86. The predicted molar refractivity (Wildman–Crippen MR) is 75.5 cm³/mol. The van der Waals surface area contributed by atoms with Crippen LogP contribution >= 0.6 is 0 Å². The molecule has 0 spiro atoms. The van der Waals surface area contributed by atoms with Crippen LogP contribution in [0.4, 0.5) is 0 Å². The highest BCUT2D eigenvalue weighted by Gasteiger charge is 2.15. The van der Waals surface area contributed by atoms with Gasteiger partial charge < -0.3 is 9.67 Å². The molecule has 2 aromatic rings. The number of nitrogens with zero attached hydrogens (tertiary/aromatic N) is 1. The molecule has 1 fully saturated rings. The zero-order chi connectivity index (χ0) is 13.2. The fraction of sp³-hybridized carbons (Fsp3) is 0.438. The van der Waals surface area contributed by atoms with Gasteiger partial charge in [-0.25, -0.2) is 4.79 Å². The third-order valence-corrected chi connectivity index (χ3v) is 4.20. The second kappa shape index (κ2) is 5.08. The van der Waals surface area contributed by atoms with Crippen LogP contribution in [0.2, 0.25) is 0 Å². The van der Waals surface area contributed by atoms with Crippen LogP contribution in [0.25, 0.3) is 10.9 Å². The van der Waals surface area contributed by atoms with Crippen molar-refractivity contribution in [2.45, 2.75) is 38.6 Å². The van der Waals surface area contributed by atoms with Gasteiger partial charge in [-0.1, -0.05) is 19.3 Å². The van der Waals surface area contributed by atoms with Gasteiger partial charge in [-0.05, 0) is 43.0 Å². The van der Waals surface area contributed by atoms with Crippen molar-refractivity contribution in [2.24, 2.45) is 5.92 Å². The molecule has 1 aromatic carbocycles. The summed E-state index contributed by atoms with van der Waals surface area (Å²) in [7, 11) is 0. The first-order valence-electron chi connectivity index (χ1n) is 7.06. The smallest absolute Gasteiger partial charge is 0.335 e. The van der Waals surface area contributed by atoms with Crippen LogP contribution in [0.3, 0.4) is 0 Å². The summed E-state index contributed by atoms with van der Waals surface area (Å²) in [6.45, 7) is 1.07. The first kappa shape index (κ1) is 12.3. The summed E-state index contributed by atoms with van der Waals surface area (Å²) in [6, 6.07) is 7.41. The van der Waals surface area contributed by atoms with E-state index >= 15 is 0 Å². The lowest BCUT2D eigenvalue weighted by Gasteiger charge is -2.22. The topological polar surface area (TPSA) is 42.2 Å². The maximum Gasteiger partial charge on any atom is 0.335 e. The molecule has 0 bridgehead atoms. The van der Waals surface area contributed by atoms with Crippen molar-refractivity contribution in [3.05, 3.63) is 36.0 Å². The van der Waals surface area contributed by atoms with Gasteiger partial charge in [-0.15, -0.1) is 0 Å². The van der Waals surface area contributed by atoms with Crippen molar-refractivity contribution < 1.29 is 9.90 Å². The number of carboxylic acid groups (broad SMARTS) is 1. The summed E-state index contributed by atoms with van der Waals surface area (Å²) in [5.41, 5.74) is 1.51. The molecule has 3 nitrogen and oxygen atoms in total. The number of aromatic nitrogens is 1. The van der Waals surface area contributed by atoms with Gasteiger partial charge in [0.1, 0.15) is 0 Å². The van der Waals surface area contributed by atoms with E-state index in [2.05, 4.69) is 10.8 Å². The Kier molecular flexibility index (Phi) is 3.28. The summed E-state index contributed by atoms with van der Waals surface area (Å²) in [6.07, 6.45) is 8.83. The average molecular weight is 257 g/mol. The number of aromatic carboxylic acids is 1. The van der Waals surface area contributed by atoms with E-state index in [1.54, 1.807) is 12.1 Å². The van der Waals surface area contributed by atoms with Crippen molar-refractivity contribution in [1.29, 1.82) is 0 Å². The molecule has 1 N–H and O–H groups in total. The molecule has 0 aliphatic heterocycles. The summed E-state index contributed by atoms with van der Waals surface area (Å²) < 4.78 is 2.27. The van der Waals surface area contributed by atoms with Crippen molar-refractivity contribution in [3.63, 3.8) is 0 Å². The quantitative estimate of drug-likeness (QED) is 0.905. The number of benzene rings is 1. The van der Waals surface area contributed by atoms with Crippen LogP contribution in [0.15, 0.2) is 30.5 Å². The molecule has 0 amide bonds. The van der Waals surface area contributed by atoms with Gasteiger partial charge in [0.2, 0.25) is 0 Å². The first-order chi connectivity index (χ1) is 9.24. The zero-order valence-electron chi connectivity index (χ0n) is 11.0. The maximum atomic E-state index is 11.0. The largest absolute Gasteiger partial charge is 0.478 e. The molecule has 1 heterocycles. The Bertz CT molecular complexity index is 594. The minimum absolute atomic E-state index is 0.364. The summed E-state index contributed by atoms with van der Waals surface area (Å²) >= 11 is 0. The molecular weight excluding hydrogens is 238 g/mol. The molecule has 1 aromatic heterocycles. The SMILES string of the molecule is O=C(O)c1ccc2c(ccn2CC2CCCCC2)c1. The lowest BCUT2D eigenvalue weighted by molar-refractivity contribution is 0.0697. The molecule has 0 radical (unpaired) electrons. The Morgan fingerprint density at radius 3 is 2.74 bits per heavy atom. The first-order valence-corrected chi connectivity index (χ1v) is 7.06. The second-order valence-electron chi connectivity index (χ2n) is 5.55. The normalized spacial score (nSPS) is 16.8. The summed E-state index contributed by atoms with van der Waals surface area (Å²) in [4.78, 5) is 11.0. The molecule has 3 rings (SSSR count). The van der Waals surface area contributed by atoms with Gasteiger partial charge in [-0.3, -0.25) is 0 Å². The van der Waals surface area contributed by atoms with Crippen LogP contribution in [-0.4, -0.2) is 15.6 Å². The number of hydrogen-bond donors (Lipinski definition) is 1. The number of rotatable bonds is 3. The Morgan fingerprint density at radius 2 is 2.00 bits per heavy atom. The lowest BCUT2D eigenvalue weighted by Crippen LogP contribution is -2.13. The van der Waals surface area contributed by atoms with Crippen molar-refractivity contribution in [2.75, 3.05) is 0 Å². The number of fused-ring (bicyclic) bond motifs is 1. The van der Waals surface area contributed by atoms with Gasteiger partial charge >= 0.3 is 5.97 Å². The predicted octanol–water partition coefficient (Wildman–Crippen LogP) is 3.92. The van der Waals surface area contributed by atoms with Crippen LogP contribution < -0.4 is 0 Å². The van der Waals surface area contributed by atoms with E-state index in [1.807, 2.05) is 12.1 Å². The fourth-order valence-electron chi connectivity index (χ4n) is 3.14. The van der Waals surface area contributed by atoms with Crippen molar-refractivity contribution in [1.82, 2.24) is 4.57 Å². The average Bonchev–Trinajstić information content (AvgIpc) is 2.82. The monoisotopic (exact) mass is 257 g/mol. The fourth-order valence-corrected chi connectivity index (χ4v) is 3.14. The minimum atomic E-state index is -0.859. The van der Waals surface area contributed by atoms with Gasteiger partial charge in [-0.2, -0.15) is 0 Å². The Hall–Kier alpha value is -1.77. The van der Waals surface area contributed by atoms with E-state index in [4.69, 9.17) is 5.11 Å². The van der Waals surface area contributed by atoms with E-state index in [9.17, 15) is 4.79 Å². The van der Waals surface area contributed by atoms with Crippen LogP contribution in [0.1, 0.15) is 42.5 Å². The maximum absolute atomic E-state index is 11.0. The summed E-state index contributed by atoms with van der Waals surface area (Å²) in [5, 5.41) is 10.0. The molecule has 0 unspecified atom stereocenters. The highest BCUT2D eigenvalue weighted by molar-refractivity contribution is 5.93. The zero-order valence-corrected chi connectivity index (χ0v) is 11.0. The Morgan fingerprint density at radius 1 is 1.21 bits per heavy atom. The summed E-state index contributed by atoms with van der Waals surface area (Å²) in [5.74, 6) is -0.0783. The lowest BCUT2D eigenvalue weighted by atomic mass is 9.89. The van der Waals surface area contributed by atoms with Crippen LogP contribution in [0.5, 0.6) is 0 Å². The van der Waals surface area contributed by atoms with Gasteiger partial charge in [0.25, 0.3) is 0 Å². The molecule has 100 valence electrons. The van der Waals surface area contributed by atoms with Gasteiger partial charge in [0.15, 0.2) is 0 Å². The molecule has 19 heavy (non-hydrogen) atoms. The molecule has 1 saturated carbocycles. The number of carbonyl (C=O) groups is 1. The van der Waals surface area contributed by atoms with Crippen LogP contribution in [-0.2, 0) is 6.54 Å². The highest BCUT2D eigenvalue weighted by Crippen LogP contribution is 2.27. The van der Waals surface area contributed by atoms with E-state index < -0.39 is 5.97 Å². The third-order valence-electron chi connectivity index (χ3n) is 4.20.